The molecule has 3 aliphatic rings. The quantitative estimate of drug-likeness (QED) is 0.848. The van der Waals surface area contributed by atoms with Crippen molar-refractivity contribution in [1.82, 2.24) is 9.80 Å². The molecule has 2 saturated heterocycles. The third-order valence-corrected chi connectivity index (χ3v) is 5.34. The number of fused-ring (bicyclic) bond motifs is 1. The minimum absolute atomic E-state index is 0.0134. The molecule has 2 amide bonds. The number of benzene rings is 1. The number of carbonyl (C=O) groups excluding carboxylic acids is 2. The lowest BCUT2D eigenvalue weighted by molar-refractivity contribution is -0.153. The summed E-state index contributed by atoms with van der Waals surface area (Å²) in [4.78, 5) is 28.6. The molecular formula is C18H22N2O3. The van der Waals surface area contributed by atoms with Gasteiger partial charge in [0.15, 0.2) is 0 Å². The Kier molecular flexibility index (Phi) is 3.81. The van der Waals surface area contributed by atoms with Crippen molar-refractivity contribution in [2.45, 2.75) is 38.0 Å². The normalized spacial score (nSPS) is 27.7. The van der Waals surface area contributed by atoms with Crippen LogP contribution in [0.3, 0.4) is 0 Å². The van der Waals surface area contributed by atoms with Gasteiger partial charge < -0.3 is 14.5 Å². The molecule has 1 aromatic carbocycles. The van der Waals surface area contributed by atoms with Gasteiger partial charge in [0, 0.05) is 25.6 Å². The minimum Gasteiger partial charge on any atom is -0.364 e. The predicted octanol–water partition coefficient (Wildman–Crippen LogP) is 1.42. The average Bonchev–Trinajstić information content (AvgIpc) is 2.94. The average molecular weight is 314 g/mol. The van der Waals surface area contributed by atoms with Gasteiger partial charge in [-0.15, -0.1) is 0 Å². The van der Waals surface area contributed by atoms with E-state index in [-0.39, 0.29) is 36.5 Å². The molecule has 5 heteroatoms. The first-order chi connectivity index (χ1) is 11.2. The Labute approximate surface area is 136 Å². The Hall–Kier alpha value is -1.88. The number of ether oxygens (including phenoxy) is 1. The van der Waals surface area contributed by atoms with Crippen LogP contribution >= 0.6 is 0 Å². The first-order valence-corrected chi connectivity index (χ1v) is 8.46. The van der Waals surface area contributed by atoms with Crippen molar-refractivity contribution in [3.8, 4) is 0 Å². The molecule has 2 heterocycles. The molecule has 4 rings (SSSR count). The fraction of sp³-hybridized carbons (Fsp3) is 0.556. The van der Waals surface area contributed by atoms with Gasteiger partial charge in [-0.1, -0.05) is 36.8 Å². The number of likely N-dealkylation sites (tertiary alicyclic amines) is 1. The molecule has 1 saturated carbocycles. The molecule has 1 aliphatic carbocycles. The Morgan fingerprint density at radius 1 is 1.17 bits per heavy atom. The third kappa shape index (κ3) is 2.74. The van der Waals surface area contributed by atoms with Crippen LogP contribution in [0.5, 0.6) is 0 Å². The maximum absolute atomic E-state index is 12.5. The highest BCUT2D eigenvalue weighted by atomic mass is 16.5. The fourth-order valence-electron chi connectivity index (χ4n) is 3.74. The second kappa shape index (κ2) is 5.96. The Bertz CT molecular complexity index is 600. The number of amides is 2. The Morgan fingerprint density at radius 2 is 1.96 bits per heavy atom. The van der Waals surface area contributed by atoms with E-state index in [4.69, 9.17) is 4.74 Å². The second-order valence-corrected chi connectivity index (χ2v) is 6.80. The highest BCUT2D eigenvalue weighted by Crippen LogP contribution is 2.32. The van der Waals surface area contributed by atoms with Gasteiger partial charge in [0.05, 0.1) is 12.1 Å². The van der Waals surface area contributed by atoms with Crippen LogP contribution in [0, 0.1) is 5.92 Å². The topological polar surface area (TPSA) is 49.9 Å². The van der Waals surface area contributed by atoms with Crippen LogP contribution in [-0.4, -0.2) is 53.5 Å². The lowest BCUT2D eigenvalue weighted by Crippen LogP contribution is -2.53. The van der Waals surface area contributed by atoms with E-state index in [1.165, 1.54) is 0 Å². The Balaban J connectivity index is 1.48. The van der Waals surface area contributed by atoms with Gasteiger partial charge in [-0.05, 0) is 18.4 Å². The van der Waals surface area contributed by atoms with Crippen LogP contribution in [0.15, 0.2) is 30.3 Å². The van der Waals surface area contributed by atoms with Gasteiger partial charge in [0.2, 0.25) is 11.8 Å². The van der Waals surface area contributed by atoms with Crippen LogP contribution in [0.1, 0.15) is 24.8 Å². The second-order valence-electron chi connectivity index (χ2n) is 6.80. The van der Waals surface area contributed by atoms with Crippen molar-refractivity contribution in [2.75, 3.05) is 19.7 Å². The van der Waals surface area contributed by atoms with Crippen LogP contribution in [0.2, 0.25) is 0 Å². The molecule has 2 aliphatic heterocycles. The van der Waals surface area contributed by atoms with Crippen molar-refractivity contribution in [2.24, 2.45) is 5.92 Å². The smallest absolute Gasteiger partial charge is 0.249 e. The van der Waals surface area contributed by atoms with E-state index >= 15 is 0 Å². The lowest BCUT2D eigenvalue weighted by atomic mass is 9.84. The SMILES string of the molecule is O=C(C1CCC1)N1C[C@@H]2[C@@H](C1)OCC(=O)N2Cc1ccccc1. The number of nitrogens with zero attached hydrogens (tertiary/aromatic N) is 2. The standard InChI is InChI=1S/C18H22N2O3/c21-17-12-23-16-11-19(18(22)14-7-4-8-14)10-15(16)20(17)9-13-5-2-1-3-6-13/h1-3,5-6,14-16H,4,7-12H2/t15-,16-/m1/s1. The van der Waals surface area contributed by atoms with Crippen LogP contribution < -0.4 is 0 Å². The van der Waals surface area contributed by atoms with E-state index in [0.717, 1.165) is 24.8 Å². The molecule has 0 radical (unpaired) electrons. The molecule has 0 unspecified atom stereocenters. The van der Waals surface area contributed by atoms with Crippen LogP contribution in [0.25, 0.3) is 0 Å². The summed E-state index contributed by atoms with van der Waals surface area (Å²) in [5, 5.41) is 0. The molecule has 23 heavy (non-hydrogen) atoms. The zero-order valence-electron chi connectivity index (χ0n) is 13.2. The van der Waals surface area contributed by atoms with Crippen molar-refractivity contribution in [3.05, 3.63) is 35.9 Å². The van der Waals surface area contributed by atoms with E-state index in [2.05, 4.69) is 0 Å². The predicted molar refractivity (Wildman–Crippen MR) is 84.4 cm³/mol. The summed E-state index contributed by atoms with van der Waals surface area (Å²) in [5.41, 5.74) is 1.12. The van der Waals surface area contributed by atoms with Gasteiger partial charge in [-0.2, -0.15) is 0 Å². The number of morpholine rings is 1. The number of rotatable bonds is 3. The highest BCUT2D eigenvalue weighted by molar-refractivity contribution is 5.81. The number of hydrogen-bond donors (Lipinski definition) is 0. The van der Waals surface area contributed by atoms with Crippen LogP contribution in [0.4, 0.5) is 0 Å². The zero-order chi connectivity index (χ0) is 15.8. The van der Waals surface area contributed by atoms with Gasteiger partial charge >= 0.3 is 0 Å². The molecule has 0 bridgehead atoms. The summed E-state index contributed by atoms with van der Waals surface area (Å²) in [6.07, 6.45) is 3.14. The molecule has 1 aromatic rings. The molecule has 5 nitrogen and oxygen atoms in total. The summed E-state index contributed by atoms with van der Waals surface area (Å²) in [6, 6.07) is 9.99. The fourth-order valence-corrected chi connectivity index (χ4v) is 3.74. The van der Waals surface area contributed by atoms with E-state index in [1.54, 1.807) is 0 Å². The van der Waals surface area contributed by atoms with Crippen molar-refractivity contribution < 1.29 is 14.3 Å². The van der Waals surface area contributed by atoms with Crippen molar-refractivity contribution in [3.63, 3.8) is 0 Å². The molecule has 0 spiro atoms. The van der Waals surface area contributed by atoms with E-state index < -0.39 is 0 Å². The van der Waals surface area contributed by atoms with Crippen molar-refractivity contribution >= 4 is 11.8 Å². The first kappa shape index (κ1) is 14.7. The molecule has 3 fully saturated rings. The van der Waals surface area contributed by atoms with E-state index in [9.17, 15) is 9.59 Å². The summed E-state index contributed by atoms with van der Waals surface area (Å²) in [7, 11) is 0. The minimum atomic E-state index is -0.0413. The Morgan fingerprint density at radius 3 is 2.65 bits per heavy atom. The monoisotopic (exact) mass is 314 g/mol. The maximum atomic E-state index is 12.5. The van der Waals surface area contributed by atoms with Crippen LogP contribution in [-0.2, 0) is 20.9 Å². The van der Waals surface area contributed by atoms with E-state index in [1.807, 2.05) is 40.1 Å². The number of hydrogen-bond acceptors (Lipinski definition) is 3. The molecule has 0 aromatic heterocycles. The lowest BCUT2D eigenvalue weighted by Gasteiger charge is -2.36. The first-order valence-electron chi connectivity index (χ1n) is 8.46. The van der Waals surface area contributed by atoms with Gasteiger partial charge in [-0.3, -0.25) is 9.59 Å². The summed E-state index contributed by atoms with van der Waals surface area (Å²) in [6.45, 7) is 1.95. The molecular weight excluding hydrogens is 292 g/mol. The van der Waals surface area contributed by atoms with Crippen molar-refractivity contribution in [1.29, 1.82) is 0 Å². The highest BCUT2D eigenvalue weighted by Gasteiger charge is 2.45. The van der Waals surface area contributed by atoms with E-state index in [0.29, 0.717) is 19.6 Å². The molecule has 2 atom stereocenters. The summed E-state index contributed by atoms with van der Waals surface area (Å²) < 4.78 is 5.71. The molecule has 0 N–H and O–H groups in total. The molecule has 122 valence electrons. The summed E-state index contributed by atoms with van der Waals surface area (Å²) in [5.74, 6) is 0.475. The summed E-state index contributed by atoms with van der Waals surface area (Å²) >= 11 is 0. The van der Waals surface area contributed by atoms with Gasteiger partial charge in [-0.25, -0.2) is 0 Å². The largest absolute Gasteiger partial charge is 0.364 e. The van der Waals surface area contributed by atoms with Gasteiger partial charge in [0.25, 0.3) is 0 Å². The third-order valence-electron chi connectivity index (χ3n) is 5.34. The van der Waals surface area contributed by atoms with Gasteiger partial charge in [0.1, 0.15) is 6.61 Å². The zero-order valence-corrected chi connectivity index (χ0v) is 13.2. The number of carbonyl (C=O) groups is 2. The maximum Gasteiger partial charge on any atom is 0.249 e.